The summed E-state index contributed by atoms with van der Waals surface area (Å²) in [7, 11) is 1.60. The van der Waals surface area contributed by atoms with Gasteiger partial charge >= 0.3 is 0 Å². The molecule has 0 bridgehead atoms. The number of thioether (sulfide) groups is 6. The second-order valence-corrected chi connectivity index (χ2v) is 32.7. The number of aryl methyl sites for hydroxylation is 6. The van der Waals surface area contributed by atoms with Crippen LogP contribution in [0.1, 0.15) is 67.5 Å². The summed E-state index contributed by atoms with van der Waals surface area (Å²) in [6, 6.07) is 55.4. The minimum atomic E-state index is -0.187. The van der Waals surface area contributed by atoms with Gasteiger partial charge in [0.05, 0.1) is 28.7 Å². The van der Waals surface area contributed by atoms with E-state index in [-0.39, 0.29) is 39.1 Å². The molecular weight excluding hydrogens is 1670 g/mol. The molecule has 0 unspecified atom stereocenters. The molecule has 0 radical (unpaired) electrons. The predicted molar refractivity (Wildman–Crippen MR) is 478 cm³/mol. The van der Waals surface area contributed by atoms with E-state index >= 15 is 0 Å². The number of aromatic amines is 6. The molecule has 6 aromatic carbocycles. The first-order valence-electron chi connectivity index (χ1n) is 36.0. The van der Waals surface area contributed by atoms with Gasteiger partial charge in [-0.05, 0) is 118 Å². The van der Waals surface area contributed by atoms with Crippen LogP contribution >= 0.6 is 105 Å². The topological polar surface area (TPSA) is 356 Å². The van der Waals surface area contributed by atoms with Gasteiger partial charge < -0.3 is 39.7 Å². The van der Waals surface area contributed by atoms with E-state index in [1.807, 2.05) is 155 Å². The van der Waals surface area contributed by atoms with Crippen molar-refractivity contribution in [2.45, 2.75) is 107 Å². The summed E-state index contributed by atoms with van der Waals surface area (Å²) in [5.74, 6) is 4.69. The lowest BCUT2D eigenvalue weighted by atomic mass is 10.1. The molecule has 600 valence electrons. The van der Waals surface area contributed by atoms with Gasteiger partial charge in [-0.3, -0.25) is 48.7 Å². The van der Waals surface area contributed by atoms with E-state index in [0.717, 1.165) is 100 Å². The molecular formula is C85H75Cl3N16O8S6. The number of fused-ring (bicyclic) bond motifs is 4. The summed E-state index contributed by atoms with van der Waals surface area (Å²) in [5.41, 5.74) is 12.1. The molecule has 0 saturated heterocycles. The maximum absolute atomic E-state index is 11.4. The third-order valence-corrected chi connectivity index (χ3v) is 23.2. The fourth-order valence-electron chi connectivity index (χ4n) is 11.2. The monoisotopic (exact) mass is 1740 g/mol. The third kappa shape index (κ3) is 26.4. The molecule has 16 rings (SSSR count). The van der Waals surface area contributed by atoms with E-state index in [4.69, 9.17) is 39.5 Å². The van der Waals surface area contributed by atoms with Gasteiger partial charge in [-0.15, -0.1) is 0 Å². The number of aromatic nitrogens is 16. The highest BCUT2D eigenvalue weighted by molar-refractivity contribution is 7.99. The number of aromatic hydroxyl groups is 1. The zero-order chi connectivity index (χ0) is 83.6. The van der Waals surface area contributed by atoms with Gasteiger partial charge in [0, 0.05) is 184 Å². The summed E-state index contributed by atoms with van der Waals surface area (Å²) < 4.78 is 5.27. The minimum Gasteiger partial charge on any atom is -0.508 e. The normalized spacial score (nSPS) is 10.8. The number of phenolic OH excluding ortho intramolecular Hbond substituents is 1. The molecule has 0 saturated carbocycles. The molecule has 16 aromatic rings. The van der Waals surface area contributed by atoms with Gasteiger partial charge in [-0.25, -0.2) is 29.9 Å². The minimum absolute atomic E-state index is 0.111. The number of nitrogens with one attached hydrogen (secondary N) is 6. The van der Waals surface area contributed by atoms with E-state index in [1.54, 1.807) is 52.3 Å². The lowest BCUT2D eigenvalue weighted by Crippen LogP contribution is -2.08. The summed E-state index contributed by atoms with van der Waals surface area (Å²) in [5, 5.41) is 20.6. The Balaban J connectivity index is 0.000000139. The number of halogens is 3. The van der Waals surface area contributed by atoms with Crippen LogP contribution in [0.25, 0.3) is 43.5 Å². The Bertz CT molecular complexity index is 6420. The Labute approximate surface area is 716 Å². The van der Waals surface area contributed by atoms with E-state index < -0.39 is 0 Å². The molecule has 24 nitrogen and oxygen atoms in total. The Morgan fingerprint density at radius 3 is 1.23 bits per heavy atom. The van der Waals surface area contributed by atoms with E-state index in [1.165, 1.54) is 118 Å². The lowest BCUT2D eigenvalue weighted by molar-refractivity contribution is 0.411. The number of phenols is 1. The fourth-order valence-corrected chi connectivity index (χ4v) is 17.6. The second-order valence-electron chi connectivity index (χ2n) is 25.7. The van der Waals surface area contributed by atoms with Gasteiger partial charge in [0.1, 0.15) is 11.5 Å². The summed E-state index contributed by atoms with van der Waals surface area (Å²) in [6.07, 6.45) is 9.17. The highest BCUT2D eigenvalue weighted by atomic mass is 35.5. The van der Waals surface area contributed by atoms with Crippen molar-refractivity contribution < 1.29 is 9.84 Å². The van der Waals surface area contributed by atoms with Crippen molar-refractivity contribution in [1.82, 2.24) is 79.7 Å². The first-order chi connectivity index (χ1) is 56.9. The van der Waals surface area contributed by atoms with Crippen molar-refractivity contribution in [2.75, 3.05) is 7.11 Å². The van der Waals surface area contributed by atoms with Gasteiger partial charge in [0.15, 0.2) is 30.9 Å². The van der Waals surface area contributed by atoms with Crippen LogP contribution in [-0.4, -0.2) is 92.0 Å². The SMILES string of the molecule is COc1cccc(Cl)c1CSc1nc(C)cc(=O)[nH]1.Cc1cc(=O)[nH]c(SCc2c(O)cccc2Cl)n1.Cc1cc(=O)[nH]c(SCc2ccnc3ccccc23)n1.Cc1cc(=O)[nH]c(SCc2cnc3ccccc3c2)n1.Cc1cc(=O)[nH]c(SCc2cnc3ccccc3c2Cl)n1.Cc1cc(=O)[nH]c(SCc2cncc3ccccc23)n1. The molecule has 7 N–H and O–H groups in total. The average molecular weight is 1750 g/mol. The van der Waals surface area contributed by atoms with Crippen molar-refractivity contribution in [3.63, 3.8) is 0 Å². The van der Waals surface area contributed by atoms with Gasteiger partial charge in [-0.2, -0.15) is 0 Å². The summed E-state index contributed by atoms with van der Waals surface area (Å²) in [6.45, 7) is 10.8. The smallest absolute Gasteiger partial charge is 0.251 e. The number of pyridine rings is 4. The van der Waals surface area contributed by atoms with Crippen LogP contribution in [0, 0.1) is 41.5 Å². The Morgan fingerprint density at radius 2 is 0.737 bits per heavy atom. The Kier molecular flexibility index (Phi) is 32.2. The van der Waals surface area contributed by atoms with Crippen LogP contribution in [0.2, 0.25) is 15.1 Å². The quantitative estimate of drug-likeness (QED) is 0.0292. The molecule has 0 fully saturated rings. The largest absolute Gasteiger partial charge is 0.508 e. The number of nitrogens with zero attached hydrogens (tertiary/aromatic N) is 10. The van der Waals surface area contributed by atoms with Crippen LogP contribution in [0.5, 0.6) is 11.5 Å². The molecule has 10 heterocycles. The number of benzene rings is 6. The van der Waals surface area contributed by atoms with Crippen LogP contribution in [-0.2, 0) is 34.5 Å². The van der Waals surface area contributed by atoms with Crippen LogP contribution < -0.4 is 38.1 Å². The van der Waals surface area contributed by atoms with Crippen molar-refractivity contribution >= 4 is 149 Å². The van der Waals surface area contributed by atoms with Gasteiger partial charge in [-0.1, -0.05) is 196 Å². The molecule has 0 aliphatic rings. The number of ether oxygens (including phenoxy) is 1. The van der Waals surface area contributed by atoms with Crippen molar-refractivity contribution in [2.24, 2.45) is 0 Å². The number of H-pyrrole nitrogens is 6. The number of hydrogen-bond donors (Lipinski definition) is 7. The predicted octanol–water partition coefficient (Wildman–Crippen LogP) is 18.1. The van der Waals surface area contributed by atoms with E-state index in [2.05, 4.69) is 97.9 Å². The summed E-state index contributed by atoms with van der Waals surface area (Å²) >= 11 is 27.3. The third-order valence-electron chi connectivity index (χ3n) is 16.6. The first-order valence-corrected chi connectivity index (χ1v) is 43.0. The molecule has 118 heavy (non-hydrogen) atoms. The van der Waals surface area contributed by atoms with E-state index in [0.29, 0.717) is 85.9 Å². The fraction of sp³-hybridized carbons (Fsp3) is 0.153. The van der Waals surface area contributed by atoms with Crippen molar-refractivity contribution in [3.05, 3.63) is 358 Å². The highest BCUT2D eigenvalue weighted by Crippen LogP contribution is 2.35. The number of para-hydroxylation sites is 3. The molecule has 33 heteroatoms. The van der Waals surface area contributed by atoms with Crippen LogP contribution in [0.15, 0.2) is 273 Å². The second kappa shape index (κ2) is 43.3. The summed E-state index contributed by atoms with van der Waals surface area (Å²) in [4.78, 5) is 128. The molecule has 0 aliphatic carbocycles. The highest BCUT2D eigenvalue weighted by Gasteiger charge is 2.14. The van der Waals surface area contributed by atoms with E-state index in [9.17, 15) is 33.9 Å². The Morgan fingerprint density at radius 1 is 0.347 bits per heavy atom. The Hall–Kier alpha value is -11.2. The van der Waals surface area contributed by atoms with Crippen molar-refractivity contribution in [3.8, 4) is 11.5 Å². The first kappa shape index (κ1) is 87.6. The zero-order valence-electron chi connectivity index (χ0n) is 64.3. The average Bonchev–Trinajstić information content (AvgIpc) is 0.831. The lowest BCUT2D eigenvalue weighted by Gasteiger charge is -2.09. The molecule has 0 atom stereocenters. The van der Waals surface area contributed by atoms with Crippen molar-refractivity contribution in [1.29, 1.82) is 0 Å². The molecule has 0 amide bonds. The molecule has 10 aromatic heterocycles. The standard InChI is InChI=1S/C15H12ClN3OS.3C15H13N3OS.C13H13ClN2O2S.C12H11ClN2O2S/c1-9-6-13(20)19-15(18-9)21-8-10-7-17-12-5-3-2-4-11(12)14(10)16;1-10-6-14(19)18-15(17-10)20-9-11-7-12-4-2-3-5-13(12)16-8-11;1-10-6-14(19)18-15(17-10)20-9-12-8-16-7-11-4-2-3-5-13(11)12;1-10-8-14(19)18-15(17-10)20-9-11-6-7-16-13-5-3-2-4-12(11)13;1-8-6-12(17)16-13(15-8)19-7-9-10(14)4-3-5-11(9)18-2;1-7-5-11(17)15-12(14-7)18-6-8-9(13)3-2-4-10(8)16/h2-7H,8H2,1H3,(H,18,19,20);3*2-8H,9H2,1H3,(H,17,18,19);3-6H,7H2,1-2H3,(H,15,16,17);2-5,16H,6H2,1H3,(H,14,15,17). The molecule has 0 aliphatic heterocycles. The number of methoxy groups -OCH3 is 1. The number of rotatable bonds is 19. The van der Waals surface area contributed by atoms with Gasteiger partial charge in [0.2, 0.25) is 0 Å². The van der Waals surface area contributed by atoms with Gasteiger partial charge in [0.25, 0.3) is 33.4 Å². The maximum Gasteiger partial charge on any atom is 0.251 e. The van der Waals surface area contributed by atoms with Crippen LogP contribution in [0.4, 0.5) is 0 Å². The zero-order valence-corrected chi connectivity index (χ0v) is 71.5. The molecule has 0 spiro atoms. The number of hydrogen-bond acceptors (Lipinski definition) is 24. The maximum atomic E-state index is 11.4. The van der Waals surface area contributed by atoms with Crippen LogP contribution in [0.3, 0.4) is 0 Å².